The molecule has 1 unspecified atom stereocenters. The molecule has 0 bridgehead atoms. The lowest BCUT2D eigenvalue weighted by molar-refractivity contribution is -0.132. The number of benzene rings is 3. The van der Waals surface area contributed by atoms with Gasteiger partial charge in [0.05, 0.1) is 24.3 Å². The van der Waals surface area contributed by atoms with Gasteiger partial charge in [-0.25, -0.2) is 8.78 Å². The molecule has 0 aliphatic carbocycles. The first-order chi connectivity index (χ1) is 15.3. The number of ketones is 1. The van der Waals surface area contributed by atoms with Crippen LogP contribution in [-0.4, -0.2) is 23.9 Å². The van der Waals surface area contributed by atoms with Crippen LogP contribution in [0.3, 0.4) is 0 Å². The van der Waals surface area contributed by atoms with Gasteiger partial charge in [0, 0.05) is 5.69 Å². The molecule has 32 heavy (non-hydrogen) atoms. The fourth-order valence-corrected chi connectivity index (χ4v) is 3.85. The van der Waals surface area contributed by atoms with Crippen LogP contribution in [0.2, 0.25) is 0 Å². The number of Topliss-reactive ketones (excluding diaryl/α,β-unsaturated/α-hetero) is 1. The highest BCUT2D eigenvalue weighted by molar-refractivity contribution is 6.51. The minimum absolute atomic E-state index is 0.0677. The van der Waals surface area contributed by atoms with Crippen molar-refractivity contribution >= 4 is 23.1 Å². The minimum atomic E-state index is -1.05. The second-order valence-electron chi connectivity index (χ2n) is 7.40. The molecule has 4 rings (SSSR count). The third-order valence-electron chi connectivity index (χ3n) is 5.33. The summed E-state index contributed by atoms with van der Waals surface area (Å²) in [6, 6.07) is 14.7. The summed E-state index contributed by atoms with van der Waals surface area (Å²) in [6.07, 6.45) is 0. The number of rotatable bonds is 4. The molecule has 1 N–H and O–H groups in total. The highest BCUT2D eigenvalue weighted by atomic mass is 19.1. The van der Waals surface area contributed by atoms with E-state index in [1.807, 2.05) is 13.0 Å². The van der Waals surface area contributed by atoms with Gasteiger partial charge in [-0.2, -0.15) is 0 Å². The molecule has 1 atom stereocenters. The maximum atomic E-state index is 14.0. The fraction of sp³-hybridized carbons (Fsp3) is 0.120. The number of methoxy groups -OCH3 is 1. The van der Waals surface area contributed by atoms with E-state index in [0.717, 1.165) is 17.7 Å². The Bertz CT molecular complexity index is 1250. The number of hydrogen-bond acceptors (Lipinski definition) is 4. The molecule has 7 heteroatoms. The number of aryl methyl sites for hydroxylation is 1. The molecule has 1 aliphatic rings. The van der Waals surface area contributed by atoms with Crippen LogP contribution in [0.1, 0.15) is 22.7 Å². The Labute approximate surface area is 183 Å². The van der Waals surface area contributed by atoms with Gasteiger partial charge in [0.2, 0.25) is 0 Å². The molecule has 3 aromatic rings. The highest BCUT2D eigenvalue weighted by Crippen LogP contribution is 2.43. The third-order valence-corrected chi connectivity index (χ3v) is 5.33. The Hall–Kier alpha value is -4.00. The fourth-order valence-electron chi connectivity index (χ4n) is 3.85. The van der Waals surface area contributed by atoms with Gasteiger partial charge < -0.3 is 9.84 Å². The molecule has 0 spiro atoms. The summed E-state index contributed by atoms with van der Waals surface area (Å²) < 4.78 is 32.8. The standard InChI is InChI=1S/C25H19F2NO4/c1-14-4-3-5-18(12-14)28-22(15-6-8-16(26)9-7-15)21(24(30)25(28)31)23(29)19-13-17(27)10-11-20(19)32-2/h3-13,22,29H,1-2H3/b23-21+. The molecule has 1 heterocycles. The molecule has 0 saturated carbocycles. The van der Waals surface area contributed by atoms with E-state index in [-0.39, 0.29) is 16.9 Å². The van der Waals surface area contributed by atoms with Gasteiger partial charge in [0.15, 0.2) is 0 Å². The Morgan fingerprint density at radius 1 is 0.969 bits per heavy atom. The second kappa shape index (κ2) is 8.26. The van der Waals surface area contributed by atoms with Crippen LogP contribution in [0.25, 0.3) is 5.76 Å². The van der Waals surface area contributed by atoms with E-state index >= 15 is 0 Å². The van der Waals surface area contributed by atoms with E-state index in [9.17, 15) is 23.5 Å². The zero-order valence-electron chi connectivity index (χ0n) is 17.3. The lowest BCUT2D eigenvalue weighted by atomic mass is 9.94. The smallest absolute Gasteiger partial charge is 0.300 e. The quantitative estimate of drug-likeness (QED) is 0.359. The van der Waals surface area contributed by atoms with Gasteiger partial charge in [0.1, 0.15) is 23.1 Å². The predicted molar refractivity (Wildman–Crippen MR) is 115 cm³/mol. The van der Waals surface area contributed by atoms with Crippen LogP contribution in [0.15, 0.2) is 72.3 Å². The number of amides is 1. The number of aliphatic hydroxyl groups excluding tert-OH is 1. The summed E-state index contributed by atoms with van der Waals surface area (Å²) in [4.78, 5) is 27.4. The van der Waals surface area contributed by atoms with Crippen molar-refractivity contribution in [1.29, 1.82) is 0 Å². The summed E-state index contributed by atoms with van der Waals surface area (Å²) >= 11 is 0. The maximum absolute atomic E-state index is 14.0. The molecular weight excluding hydrogens is 416 g/mol. The average Bonchev–Trinajstić information content (AvgIpc) is 3.04. The van der Waals surface area contributed by atoms with Crippen LogP contribution in [0.4, 0.5) is 14.5 Å². The summed E-state index contributed by atoms with van der Waals surface area (Å²) in [5.74, 6) is -3.40. The second-order valence-corrected chi connectivity index (χ2v) is 7.40. The van der Waals surface area contributed by atoms with Crippen molar-refractivity contribution in [2.75, 3.05) is 12.0 Å². The average molecular weight is 435 g/mol. The van der Waals surface area contributed by atoms with Crippen LogP contribution in [0.5, 0.6) is 5.75 Å². The van der Waals surface area contributed by atoms with E-state index in [1.54, 1.807) is 18.2 Å². The molecule has 1 fully saturated rings. The van der Waals surface area contributed by atoms with Crippen molar-refractivity contribution in [2.45, 2.75) is 13.0 Å². The maximum Gasteiger partial charge on any atom is 0.300 e. The lowest BCUT2D eigenvalue weighted by Gasteiger charge is -2.26. The van der Waals surface area contributed by atoms with Crippen molar-refractivity contribution in [2.24, 2.45) is 0 Å². The number of halogens is 2. The Kier molecular flexibility index (Phi) is 5.48. The molecule has 5 nitrogen and oxygen atoms in total. The summed E-state index contributed by atoms with van der Waals surface area (Å²) in [6.45, 7) is 1.84. The van der Waals surface area contributed by atoms with Crippen LogP contribution in [0, 0.1) is 18.6 Å². The van der Waals surface area contributed by atoms with Crippen LogP contribution in [-0.2, 0) is 9.59 Å². The zero-order chi connectivity index (χ0) is 23.0. The van der Waals surface area contributed by atoms with Gasteiger partial charge in [-0.1, -0.05) is 24.3 Å². The number of ether oxygens (including phenoxy) is 1. The normalized spacial score (nSPS) is 17.6. The van der Waals surface area contributed by atoms with Gasteiger partial charge in [-0.15, -0.1) is 0 Å². The molecule has 1 amide bonds. The summed E-state index contributed by atoms with van der Waals surface area (Å²) in [5, 5.41) is 11.1. The van der Waals surface area contributed by atoms with E-state index in [0.29, 0.717) is 11.3 Å². The first-order valence-corrected chi connectivity index (χ1v) is 9.79. The first-order valence-electron chi connectivity index (χ1n) is 9.79. The number of carbonyl (C=O) groups excluding carboxylic acids is 2. The van der Waals surface area contributed by atoms with Gasteiger partial charge in [0.25, 0.3) is 11.7 Å². The van der Waals surface area contributed by atoms with Gasteiger partial charge in [-0.05, 0) is 60.5 Å². The van der Waals surface area contributed by atoms with Gasteiger partial charge in [-0.3, -0.25) is 14.5 Å². The molecule has 0 aromatic heterocycles. The molecule has 162 valence electrons. The number of carbonyl (C=O) groups is 2. The summed E-state index contributed by atoms with van der Waals surface area (Å²) in [5.41, 5.74) is 1.39. The van der Waals surface area contributed by atoms with Gasteiger partial charge >= 0.3 is 0 Å². The molecule has 1 saturated heterocycles. The number of nitrogens with zero attached hydrogens (tertiary/aromatic N) is 1. The van der Waals surface area contributed by atoms with Crippen molar-refractivity contribution < 1.29 is 28.2 Å². The molecule has 0 radical (unpaired) electrons. The Balaban J connectivity index is 1.99. The lowest BCUT2D eigenvalue weighted by Crippen LogP contribution is -2.29. The largest absolute Gasteiger partial charge is 0.507 e. The third kappa shape index (κ3) is 3.62. The van der Waals surface area contributed by atoms with Crippen LogP contribution < -0.4 is 9.64 Å². The number of hydrogen-bond donors (Lipinski definition) is 1. The van der Waals surface area contributed by atoms with Crippen LogP contribution >= 0.6 is 0 Å². The van der Waals surface area contributed by atoms with Crippen molar-refractivity contribution in [3.63, 3.8) is 0 Å². The Morgan fingerprint density at radius 2 is 1.66 bits per heavy atom. The molecule has 1 aliphatic heterocycles. The number of aliphatic hydroxyl groups is 1. The van der Waals surface area contributed by atoms with Crippen molar-refractivity contribution in [1.82, 2.24) is 0 Å². The molecular formula is C25H19F2NO4. The first kappa shape index (κ1) is 21.2. The summed E-state index contributed by atoms with van der Waals surface area (Å²) in [7, 11) is 1.34. The van der Waals surface area contributed by atoms with Crippen molar-refractivity contribution in [3.8, 4) is 5.75 Å². The van der Waals surface area contributed by atoms with E-state index in [4.69, 9.17) is 4.74 Å². The van der Waals surface area contributed by atoms with E-state index in [2.05, 4.69) is 0 Å². The number of anilines is 1. The van der Waals surface area contributed by atoms with E-state index < -0.39 is 35.1 Å². The topological polar surface area (TPSA) is 66.8 Å². The minimum Gasteiger partial charge on any atom is -0.507 e. The SMILES string of the molecule is COc1ccc(F)cc1/C(O)=C1\C(=O)C(=O)N(c2cccc(C)c2)C1c1ccc(F)cc1. The Morgan fingerprint density at radius 3 is 2.31 bits per heavy atom. The monoisotopic (exact) mass is 435 g/mol. The van der Waals surface area contributed by atoms with E-state index in [1.165, 1.54) is 42.3 Å². The predicted octanol–water partition coefficient (Wildman–Crippen LogP) is 4.91. The zero-order valence-corrected chi connectivity index (χ0v) is 17.3. The van der Waals surface area contributed by atoms with Crippen molar-refractivity contribution in [3.05, 3.63) is 101 Å². The highest BCUT2D eigenvalue weighted by Gasteiger charge is 2.47. The molecule has 3 aromatic carbocycles.